The summed E-state index contributed by atoms with van der Waals surface area (Å²) in [6.07, 6.45) is 76.5. The fraction of sp³-hybridized carbons (Fsp3) is 0.695. The molecule has 366 valence electrons. The van der Waals surface area contributed by atoms with Crippen LogP contribution in [0.1, 0.15) is 245 Å². The molecule has 0 fully saturated rings. The van der Waals surface area contributed by atoms with Crippen molar-refractivity contribution < 1.29 is 24.2 Å². The van der Waals surface area contributed by atoms with E-state index < -0.39 is 6.10 Å². The van der Waals surface area contributed by atoms with E-state index in [0.717, 1.165) is 96.3 Å². The van der Waals surface area contributed by atoms with E-state index in [9.17, 15) is 14.7 Å². The molecule has 1 atom stereocenters. The first kappa shape index (κ1) is 60.8. The molecule has 0 bridgehead atoms. The van der Waals surface area contributed by atoms with Crippen molar-refractivity contribution >= 4 is 11.9 Å². The van der Waals surface area contributed by atoms with Crippen LogP contribution in [0.25, 0.3) is 0 Å². The molecule has 0 aliphatic carbocycles. The van der Waals surface area contributed by atoms with E-state index in [2.05, 4.69) is 111 Å². The molecule has 64 heavy (non-hydrogen) atoms. The lowest BCUT2D eigenvalue weighted by atomic mass is 10.0. The monoisotopic (exact) mass is 889 g/mol. The molecule has 5 heteroatoms. The van der Waals surface area contributed by atoms with Crippen LogP contribution in [0.3, 0.4) is 0 Å². The number of ether oxygens (including phenoxy) is 2. The number of allylic oxidation sites excluding steroid dienone is 16. The Labute approximate surface area is 396 Å². The predicted molar refractivity (Wildman–Crippen MR) is 279 cm³/mol. The van der Waals surface area contributed by atoms with Gasteiger partial charge in [0, 0.05) is 12.8 Å². The summed E-state index contributed by atoms with van der Waals surface area (Å²) in [6, 6.07) is 0. The van der Waals surface area contributed by atoms with Crippen LogP contribution in [0, 0.1) is 0 Å². The van der Waals surface area contributed by atoms with Gasteiger partial charge in [-0.25, -0.2) is 0 Å². The SMILES string of the molecule is CC/C=C\C/C=C\C/C=C\C/C=C\C/C=C\C/C=C\C/C=C\C/C=C\CCCCCCCCC(=O)OC(CO)COC(=O)CCCCCCCCCCCCCCCCCCCCC. The van der Waals surface area contributed by atoms with E-state index >= 15 is 0 Å². The second kappa shape index (κ2) is 54.2. The van der Waals surface area contributed by atoms with E-state index in [1.54, 1.807) is 0 Å². The lowest BCUT2D eigenvalue weighted by Crippen LogP contribution is -2.28. The summed E-state index contributed by atoms with van der Waals surface area (Å²) in [7, 11) is 0. The molecule has 0 aromatic carbocycles. The second-order valence-corrected chi connectivity index (χ2v) is 17.6. The maximum Gasteiger partial charge on any atom is 0.306 e. The van der Waals surface area contributed by atoms with Crippen LogP contribution in [-0.4, -0.2) is 36.4 Å². The fourth-order valence-corrected chi connectivity index (χ4v) is 7.39. The number of aliphatic hydroxyl groups is 1. The van der Waals surface area contributed by atoms with Gasteiger partial charge in [-0.2, -0.15) is 0 Å². The number of aliphatic hydroxyl groups excluding tert-OH is 1. The van der Waals surface area contributed by atoms with Crippen molar-refractivity contribution in [2.75, 3.05) is 13.2 Å². The molecule has 0 aliphatic heterocycles. The average molecular weight is 889 g/mol. The Kier molecular flexibility index (Phi) is 51.5. The Morgan fingerprint density at radius 1 is 0.375 bits per heavy atom. The number of carbonyl (C=O) groups is 2. The van der Waals surface area contributed by atoms with Gasteiger partial charge in [-0.15, -0.1) is 0 Å². The lowest BCUT2D eigenvalue weighted by molar-refractivity contribution is -0.161. The molecule has 0 radical (unpaired) electrons. The van der Waals surface area contributed by atoms with Gasteiger partial charge in [0.25, 0.3) is 0 Å². The molecule has 0 spiro atoms. The highest BCUT2D eigenvalue weighted by atomic mass is 16.6. The van der Waals surface area contributed by atoms with Crippen molar-refractivity contribution in [3.8, 4) is 0 Å². The first-order valence-corrected chi connectivity index (χ1v) is 26.8. The molecule has 0 amide bonds. The quantitative estimate of drug-likeness (QED) is 0.0374. The van der Waals surface area contributed by atoms with E-state index in [0.29, 0.717) is 12.8 Å². The zero-order valence-electron chi connectivity index (χ0n) is 41.8. The Morgan fingerprint density at radius 2 is 0.672 bits per heavy atom. The number of carbonyl (C=O) groups excluding carboxylic acids is 2. The van der Waals surface area contributed by atoms with Crippen molar-refractivity contribution in [3.63, 3.8) is 0 Å². The summed E-state index contributed by atoms with van der Waals surface area (Å²) >= 11 is 0. The van der Waals surface area contributed by atoms with Crippen molar-refractivity contribution in [2.24, 2.45) is 0 Å². The smallest absolute Gasteiger partial charge is 0.306 e. The highest BCUT2D eigenvalue weighted by Crippen LogP contribution is 2.16. The molecule has 0 saturated heterocycles. The zero-order valence-corrected chi connectivity index (χ0v) is 41.8. The van der Waals surface area contributed by atoms with Crippen LogP contribution in [0.15, 0.2) is 97.2 Å². The van der Waals surface area contributed by atoms with Crippen LogP contribution in [0.5, 0.6) is 0 Å². The standard InChI is InChI=1S/C59H100O5/c1-3-5-7-9-11-13-15-17-19-21-23-24-25-26-27-28-29-30-31-32-33-34-36-38-40-42-44-46-48-50-52-54-59(62)64-57(55-60)56-63-58(61)53-51-49-47-45-43-41-39-37-35-22-20-18-16-14-12-10-8-6-4-2/h5,7,11,13,17,19,23-24,26-27,29-30,32-33,36,38,57,60H,3-4,6,8-10,12,14-16,18,20-22,25,28,31,34-35,37,39-56H2,1-2H3/b7-5-,13-11-,19-17-,24-23-,27-26-,30-29-,33-32-,38-36-. The third kappa shape index (κ3) is 51.5. The summed E-state index contributed by atoms with van der Waals surface area (Å²) < 4.78 is 10.7. The summed E-state index contributed by atoms with van der Waals surface area (Å²) in [5, 5.41) is 9.64. The summed E-state index contributed by atoms with van der Waals surface area (Å²) in [4.78, 5) is 24.5. The minimum atomic E-state index is -0.785. The summed E-state index contributed by atoms with van der Waals surface area (Å²) in [6.45, 7) is 4.03. The minimum Gasteiger partial charge on any atom is -0.462 e. The summed E-state index contributed by atoms with van der Waals surface area (Å²) in [5.41, 5.74) is 0. The number of esters is 2. The Bertz CT molecular complexity index is 1230. The number of unbranched alkanes of at least 4 members (excludes halogenated alkanes) is 24. The molecule has 0 saturated carbocycles. The Balaban J connectivity index is 3.59. The van der Waals surface area contributed by atoms with Crippen molar-refractivity contribution in [1.82, 2.24) is 0 Å². The molecular weight excluding hydrogens is 789 g/mol. The Hall–Kier alpha value is -3.18. The summed E-state index contributed by atoms with van der Waals surface area (Å²) in [5.74, 6) is -0.605. The van der Waals surface area contributed by atoms with E-state index in [1.807, 2.05) is 0 Å². The third-order valence-corrected chi connectivity index (χ3v) is 11.4. The molecule has 0 rings (SSSR count). The second-order valence-electron chi connectivity index (χ2n) is 17.6. The third-order valence-electron chi connectivity index (χ3n) is 11.4. The van der Waals surface area contributed by atoms with Gasteiger partial charge in [0.2, 0.25) is 0 Å². The van der Waals surface area contributed by atoms with Gasteiger partial charge in [0.1, 0.15) is 6.61 Å². The number of rotatable bonds is 48. The average Bonchev–Trinajstić information content (AvgIpc) is 3.30. The van der Waals surface area contributed by atoms with Crippen LogP contribution in [0.4, 0.5) is 0 Å². The lowest BCUT2D eigenvalue weighted by Gasteiger charge is -2.15. The maximum atomic E-state index is 12.3. The van der Waals surface area contributed by atoms with E-state index in [4.69, 9.17) is 9.47 Å². The molecule has 0 aromatic rings. The molecule has 0 heterocycles. The van der Waals surface area contributed by atoms with Gasteiger partial charge in [-0.3, -0.25) is 9.59 Å². The van der Waals surface area contributed by atoms with Gasteiger partial charge in [-0.1, -0.05) is 252 Å². The van der Waals surface area contributed by atoms with Crippen LogP contribution in [0.2, 0.25) is 0 Å². The first-order chi connectivity index (χ1) is 31.6. The van der Waals surface area contributed by atoms with E-state index in [1.165, 1.54) is 122 Å². The van der Waals surface area contributed by atoms with E-state index in [-0.39, 0.29) is 25.2 Å². The van der Waals surface area contributed by atoms with Gasteiger partial charge >= 0.3 is 11.9 Å². The first-order valence-electron chi connectivity index (χ1n) is 26.8. The maximum absolute atomic E-state index is 12.3. The minimum absolute atomic E-state index is 0.0742. The number of hydrogen-bond donors (Lipinski definition) is 1. The predicted octanol–water partition coefficient (Wildman–Crippen LogP) is 18.0. The molecule has 1 N–H and O–H groups in total. The zero-order chi connectivity index (χ0) is 46.3. The van der Waals surface area contributed by atoms with Gasteiger partial charge in [0.05, 0.1) is 6.61 Å². The Morgan fingerprint density at radius 3 is 1.02 bits per heavy atom. The largest absolute Gasteiger partial charge is 0.462 e. The van der Waals surface area contributed by atoms with Crippen molar-refractivity contribution in [1.29, 1.82) is 0 Å². The van der Waals surface area contributed by atoms with Crippen molar-refractivity contribution in [3.05, 3.63) is 97.2 Å². The molecule has 0 aromatic heterocycles. The number of hydrogen-bond acceptors (Lipinski definition) is 5. The highest BCUT2D eigenvalue weighted by molar-refractivity contribution is 5.70. The van der Waals surface area contributed by atoms with Gasteiger partial charge in [-0.05, 0) is 77.0 Å². The van der Waals surface area contributed by atoms with Gasteiger partial charge in [0.15, 0.2) is 6.10 Å². The molecular formula is C59H100O5. The van der Waals surface area contributed by atoms with Crippen molar-refractivity contribution in [2.45, 2.75) is 251 Å². The normalized spacial score (nSPS) is 13.0. The topological polar surface area (TPSA) is 72.8 Å². The molecule has 1 unspecified atom stereocenters. The fourth-order valence-electron chi connectivity index (χ4n) is 7.39. The molecule has 5 nitrogen and oxygen atoms in total. The van der Waals surface area contributed by atoms with Crippen LogP contribution < -0.4 is 0 Å². The van der Waals surface area contributed by atoms with Crippen LogP contribution >= 0.6 is 0 Å². The van der Waals surface area contributed by atoms with Gasteiger partial charge < -0.3 is 14.6 Å². The highest BCUT2D eigenvalue weighted by Gasteiger charge is 2.16. The van der Waals surface area contributed by atoms with Crippen LogP contribution in [-0.2, 0) is 19.1 Å². The molecule has 0 aliphatic rings.